The first kappa shape index (κ1) is 9.92. The van der Waals surface area contributed by atoms with Gasteiger partial charge in [-0.3, -0.25) is 4.79 Å². The van der Waals surface area contributed by atoms with E-state index in [1.807, 2.05) is 6.07 Å². The van der Waals surface area contributed by atoms with Crippen LogP contribution in [0.25, 0.3) is 0 Å². The summed E-state index contributed by atoms with van der Waals surface area (Å²) >= 11 is 0. The number of anilines is 1. The molecule has 1 atom stereocenters. The van der Waals surface area contributed by atoms with Crippen molar-refractivity contribution in [1.82, 2.24) is 10.3 Å². The van der Waals surface area contributed by atoms with Crippen LogP contribution in [0.3, 0.4) is 0 Å². The van der Waals surface area contributed by atoms with Crippen molar-refractivity contribution in [2.45, 2.75) is 12.5 Å². The van der Waals surface area contributed by atoms with Gasteiger partial charge in [0.05, 0.1) is 0 Å². The first-order valence-electron chi connectivity index (χ1n) is 5.00. The maximum atomic E-state index is 10.9. The highest BCUT2D eigenvalue weighted by Crippen LogP contribution is 2.09. The Morgan fingerprint density at radius 2 is 2.47 bits per heavy atom. The second-order valence-corrected chi connectivity index (χ2v) is 3.61. The van der Waals surface area contributed by atoms with Gasteiger partial charge < -0.3 is 16.4 Å². The summed E-state index contributed by atoms with van der Waals surface area (Å²) in [5, 5.41) is 6.50. The van der Waals surface area contributed by atoms with Crippen LogP contribution in [0.2, 0.25) is 0 Å². The summed E-state index contributed by atoms with van der Waals surface area (Å²) in [5.74, 6) is 0.211. The van der Waals surface area contributed by atoms with Crippen molar-refractivity contribution in [3.63, 3.8) is 0 Å². The predicted molar refractivity (Wildman–Crippen MR) is 57.7 cm³/mol. The zero-order chi connectivity index (χ0) is 10.7. The number of aromatic nitrogens is 1. The minimum Gasteiger partial charge on any atom is -0.366 e. The van der Waals surface area contributed by atoms with Crippen molar-refractivity contribution >= 4 is 11.7 Å². The molecule has 0 radical (unpaired) electrons. The van der Waals surface area contributed by atoms with Gasteiger partial charge in [-0.1, -0.05) is 6.07 Å². The summed E-state index contributed by atoms with van der Waals surface area (Å²) in [4.78, 5) is 15.0. The van der Waals surface area contributed by atoms with E-state index < -0.39 is 5.91 Å². The normalized spacial score (nSPS) is 20.1. The van der Waals surface area contributed by atoms with Gasteiger partial charge in [-0.15, -0.1) is 0 Å². The molecule has 2 rings (SSSR count). The van der Waals surface area contributed by atoms with Crippen molar-refractivity contribution in [1.29, 1.82) is 0 Å². The number of nitrogens with zero attached hydrogens (tertiary/aromatic N) is 1. The third kappa shape index (κ3) is 2.44. The van der Waals surface area contributed by atoms with E-state index in [1.54, 1.807) is 12.1 Å². The number of nitrogens with two attached hydrogens (primary N) is 1. The zero-order valence-corrected chi connectivity index (χ0v) is 8.36. The molecule has 0 unspecified atom stereocenters. The molecule has 1 fully saturated rings. The summed E-state index contributed by atoms with van der Waals surface area (Å²) in [5.41, 5.74) is 5.45. The third-order valence-corrected chi connectivity index (χ3v) is 2.41. The molecule has 0 saturated carbocycles. The van der Waals surface area contributed by atoms with Crippen LogP contribution in [0, 0.1) is 0 Å². The molecule has 2 heterocycles. The van der Waals surface area contributed by atoms with Gasteiger partial charge >= 0.3 is 0 Å². The summed E-state index contributed by atoms with van der Waals surface area (Å²) in [6.45, 7) is 1.95. The molecule has 0 aliphatic carbocycles. The minimum absolute atomic E-state index is 0.297. The third-order valence-electron chi connectivity index (χ3n) is 2.41. The Kier molecular flexibility index (Phi) is 2.82. The number of carbonyl (C=O) groups is 1. The average molecular weight is 206 g/mol. The highest BCUT2D eigenvalue weighted by Gasteiger charge is 2.14. The van der Waals surface area contributed by atoms with Crippen molar-refractivity contribution in [2.75, 3.05) is 18.4 Å². The monoisotopic (exact) mass is 206 g/mol. The van der Waals surface area contributed by atoms with Gasteiger partial charge in [-0.2, -0.15) is 0 Å². The topological polar surface area (TPSA) is 80.0 Å². The molecule has 1 saturated heterocycles. The molecule has 80 valence electrons. The van der Waals surface area contributed by atoms with Crippen LogP contribution < -0.4 is 16.4 Å². The molecule has 5 heteroatoms. The van der Waals surface area contributed by atoms with E-state index in [9.17, 15) is 4.79 Å². The summed E-state index contributed by atoms with van der Waals surface area (Å²) in [7, 11) is 0. The van der Waals surface area contributed by atoms with Crippen molar-refractivity contribution in [3.05, 3.63) is 23.9 Å². The molecule has 0 bridgehead atoms. The molecule has 4 N–H and O–H groups in total. The van der Waals surface area contributed by atoms with Crippen molar-refractivity contribution in [2.24, 2.45) is 5.73 Å². The maximum absolute atomic E-state index is 10.9. The molecule has 1 aromatic rings. The van der Waals surface area contributed by atoms with Gasteiger partial charge in [0.25, 0.3) is 5.91 Å². The number of amides is 1. The summed E-state index contributed by atoms with van der Waals surface area (Å²) in [6.07, 6.45) is 1.07. The highest BCUT2D eigenvalue weighted by molar-refractivity contribution is 5.91. The van der Waals surface area contributed by atoms with Gasteiger partial charge in [-0.25, -0.2) is 4.98 Å². The lowest BCUT2D eigenvalue weighted by atomic mass is 10.2. The van der Waals surface area contributed by atoms with Crippen LogP contribution in [0.5, 0.6) is 0 Å². The van der Waals surface area contributed by atoms with E-state index in [4.69, 9.17) is 5.73 Å². The fraction of sp³-hybridized carbons (Fsp3) is 0.400. The molecule has 0 aromatic carbocycles. The minimum atomic E-state index is -0.497. The van der Waals surface area contributed by atoms with E-state index in [0.717, 1.165) is 19.5 Å². The molecule has 15 heavy (non-hydrogen) atoms. The molecule has 1 amide bonds. The summed E-state index contributed by atoms with van der Waals surface area (Å²) in [6, 6.07) is 5.61. The quantitative estimate of drug-likeness (QED) is 0.648. The molecule has 5 nitrogen and oxygen atoms in total. The number of primary amides is 1. The number of nitrogens with one attached hydrogen (secondary N) is 2. The van der Waals surface area contributed by atoms with E-state index in [1.165, 1.54) is 0 Å². The predicted octanol–water partition coefficient (Wildman–Crippen LogP) is -0.0457. The van der Waals surface area contributed by atoms with Crippen LogP contribution in [0.1, 0.15) is 16.9 Å². The van der Waals surface area contributed by atoms with Gasteiger partial charge in [-0.05, 0) is 25.1 Å². The lowest BCUT2D eigenvalue weighted by molar-refractivity contribution is 0.0995. The van der Waals surface area contributed by atoms with E-state index in [2.05, 4.69) is 15.6 Å². The van der Waals surface area contributed by atoms with Crippen LogP contribution in [-0.2, 0) is 0 Å². The SMILES string of the molecule is NC(=O)c1cccc(N[C@@H]2CCNC2)n1. The highest BCUT2D eigenvalue weighted by atomic mass is 16.1. The fourth-order valence-corrected chi connectivity index (χ4v) is 1.64. The molecule has 1 aliphatic rings. The van der Waals surface area contributed by atoms with Gasteiger partial charge in [0, 0.05) is 12.6 Å². The molecular weight excluding hydrogens is 192 g/mol. The lowest BCUT2D eigenvalue weighted by Crippen LogP contribution is -2.23. The fourth-order valence-electron chi connectivity index (χ4n) is 1.64. The lowest BCUT2D eigenvalue weighted by Gasteiger charge is -2.11. The van der Waals surface area contributed by atoms with Gasteiger partial charge in [0.2, 0.25) is 0 Å². The zero-order valence-electron chi connectivity index (χ0n) is 8.36. The smallest absolute Gasteiger partial charge is 0.267 e. The van der Waals surface area contributed by atoms with Crippen LogP contribution in [0.4, 0.5) is 5.82 Å². The molecule has 1 aliphatic heterocycles. The van der Waals surface area contributed by atoms with Gasteiger partial charge in [0.15, 0.2) is 0 Å². The number of carbonyl (C=O) groups excluding carboxylic acids is 1. The Morgan fingerprint density at radius 1 is 1.60 bits per heavy atom. The Labute approximate surface area is 88.1 Å². The first-order chi connectivity index (χ1) is 7.25. The largest absolute Gasteiger partial charge is 0.366 e. The second kappa shape index (κ2) is 4.27. The van der Waals surface area contributed by atoms with E-state index in [0.29, 0.717) is 17.6 Å². The maximum Gasteiger partial charge on any atom is 0.267 e. The Bertz CT molecular complexity index is 360. The Balaban J connectivity index is 2.07. The Morgan fingerprint density at radius 3 is 3.13 bits per heavy atom. The molecule has 0 spiro atoms. The average Bonchev–Trinajstić information content (AvgIpc) is 2.71. The summed E-state index contributed by atoms with van der Waals surface area (Å²) < 4.78 is 0. The standard InChI is InChI=1S/C10H14N4O/c11-10(15)8-2-1-3-9(14-8)13-7-4-5-12-6-7/h1-3,7,12H,4-6H2,(H2,11,15)(H,13,14)/t7-/m1/s1. The number of hydrogen-bond donors (Lipinski definition) is 3. The number of rotatable bonds is 3. The number of pyridine rings is 1. The molecule has 1 aromatic heterocycles. The first-order valence-corrected chi connectivity index (χ1v) is 5.00. The van der Waals surface area contributed by atoms with E-state index >= 15 is 0 Å². The van der Waals surface area contributed by atoms with Crippen LogP contribution >= 0.6 is 0 Å². The Hall–Kier alpha value is -1.62. The van der Waals surface area contributed by atoms with Gasteiger partial charge in [0.1, 0.15) is 11.5 Å². The van der Waals surface area contributed by atoms with Crippen LogP contribution in [0.15, 0.2) is 18.2 Å². The molecular formula is C10H14N4O. The van der Waals surface area contributed by atoms with Crippen LogP contribution in [-0.4, -0.2) is 30.0 Å². The van der Waals surface area contributed by atoms with Crippen molar-refractivity contribution in [3.8, 4) is 0 Å². The van der Waals surface area contributed by atoms with Crippen molar-refractivity contribution < 1.29 is 4.79 Å². The van der Waals surface area contributed by atoms with E-state index in [-0.39, 0.29) is 0 Å². The number of hydrogen-bond acceptors (Lipinski definition) is 4. The second-order valence-electron chi connectivity index (χ2n) is 3.61.